The van der Waals surface area contributed by atoms with E-state index < -0.39 is 22.1 Å². The highest BCUT2D eigenvalue weighted by atomic mass is 32.2. The molecule has 1 saturated carbocycles. The zero-order chi connectivity index (χ0) is 23.8. The molecule has 9 heteroatoms. The van der Waals surface area contributed by atoms with E-state index in [4.69, 9.17) is 9.15 Å². The van der Waals surface area contributed by atoms with Crippen LogP contribution in [0.25, 0.3) is 6.08 Å². The second-order valence-corrected chi connectivity index (χ2v) is 10.0. The zero-order valence-electron chi connectivity index (χ0n) is 18.8. The fourth-order valence-corrected chi connectivity index (χ4v) is 4.68. The maximum Gasteiger partial charge on any atom is 0.331 e. The van der Waals surface area contributed by atoms with Gasteiger partial charge in [-0.3, -0.25) is 4.79 Å². The van der Waals surface area contributed by atoms with E-state index in [2.05, 4.69) is 17.0 Å². The van der Waals surface area contributed by atoms with E-state index in [1.54, 1.807) is 31.2 Å². The Morgan fingerprint density at radius 3 is 2.58 bits per heavy atom. The number of ether oxygens (including phenoxy) is 1. The third-order valence-corrected chi connectivity index (χ3v) is 7.14. The average Bonchev–Trinajstić information content (AvgIpc) is 3.32. The van der Waals surface area contributed by atoms with Crippen LogP contribution in [0.3, 0.4) is 0 Å². The molecule has 0 saturated heterocycles. The SMILES string of the molecule is CC(OC(=O)/C=C/c1ccc(S(=O)(=O)NCc2ccco2)cc1)C(=O)NC1CCCCC1C. The van der Waals surface area contributed by atoms with Crippen molar-refractivity contribution in [3.8, 4) is 0 Å². The van der Waals surface area contributed by atoms with Crippen molar-refractivity contribution < 1.29 is 27.2 Å². The Morgan fingerprint density at radius 1 is 1.18 bits per heavy atom. The van der Waals surface area contributed by atoms with Crippen LogP contribution >= 0.6 is 0 Å². The molecule has 8 nitrogen and oxygen atoms in total. The summed E-state index contributed by atoms with van der Waals surface area (Å²) in [6.45, 7) is 3.72. The second kappa shape index (κ2) is 11.3. The molecule has 3 unspecified atom stereocenters. The third-order valence-electron chi connectivity index (χ3n) is 5.72. The van der Waals surface area contributed by atoms with Crippen molar-refractivity contribution in [1.82, 2.24) is 10.0 Å². The summed E-state index contributed by atoms with van der Waals surface area (Å²) in [4.78, 5) is 24.5. The molecule has 0 aliphatic heterocycles. The number of amides is 1. The van der Waals surface area contributed by atoms with Crippen molar-refractivity contribution in [2.24, 2.45) is 5.92 Å². The molecule has 2 aromatic rings. The van der Waals surface area contributed by atoms with Crippen molar-refractivity contribution >= 4 is 28.0 Å². The van der Waals surface area contributed by atoms with Gasteiger partial charge in [0.2, 0.25) is 10.0 Å². The minimum atomic E-state index is -3.70. The topological polar surface area (TPSA) is 115 Å². The normalized spacial score (nSPS) is 19.8. The van der Waals surface area contributed by atoms with Gasteiger partial charge in [0.1, 0.15) is 5.76 Å². The summed E-state index contributed by atoms with van der Waals surface area (Å²) >= 11 is 0. The van der Waals surface area contributed by atoms with Gasteiger partial charge in [-0.2, -0.15) is 0 Å². The monoisotopic (exact) mass is 474 g/mol. The van der Waals surface area contributed by atoms with Gasteiger partial charge in [-0.25, -0.2) is 17.9 Å². The van der Waals surface area contributed by atoms with Crippen LogP contribution < -0.4 is 10.0 Å². The van der Waals surface area contributed by atoms with Crippen LogP contribution in [-0.4, -0.2) is 32.4 Å². The summed E-state index contributed by atoms with van der Waals surface area (Å²) in [5, 5.41) is 2.98. The number of carbonyl (C=O) groups excluding carboxylic acids is 2. The lowest BCUT2D eigenvalue weighted by molar-refractivity contribution is -0.150. The van der Waals surface area contributed by atoms with E-state index in [-0.39, 0.29) is 23.4 Å². The number of hydrogen-bond donors (Lipinski definition) is 2. The van der Waals surface area contributed by atoms with Crippen LogP contribution in [-0.2, 0) is 30.9 Å². The second-order valence-electron chi connectivity index (χ2n) is 8.26. The highest BCUT2D eigenvalue weighted by molar-refractivity contribution is 7.89. The van der Waals surface area contributed by atoms with Crippen molar-refractivity contribution in [3.63, 3.8) is 0 Å². The van der Waals surface area contributed by atoms with Gasteiger partial charge < -0.3 is 14.5 Å². The zero-order valence-corrected chi connectivity index (χ0v) is 19.6. The molecule has 1 aromatic carbocycles. The third kappa shape index (κ3) is 7.30. The van der Waals surface area contributed by atoms with Gasteiger partial charge >= 0.3 is 5.97 Å². The molecule has 0 spiro atoms. The standard InChI is InChI=1S/C24H30N2O6S/c1-17-6-3-4-8-22(17)26-24(28)18(2)32-23(27)14-11-19-9-12-21(13-10-19)33(29,30)25-16-20-7-5-15-31-20/h5,7,9-15,17-18,22,25H,3-4,6,8,16H2,1-2H3,(H,26,28)/b14-11+. The minimum Gasteiger partial charge on any atom is -0.468 e. The molecular weight excluding hydrogens is 444 g/mol. The number of hydrogen-bond acceptors (Lipinski definition) is 6. The summed E-state index contributed by atoms with van der Waals surface area (Å²) in [6, 6.07) is 9.51. The summed E-state index contributed by atoms with van der Waals surface area (Å²) in [5.41, 5.74) is 0.616. The average molecular weight is 475 g/mol. The molecule has 1 aliphatic carbocycles. The lowest BCUT2D eigenvalue weighted by atomic mass is 9.86. The Morgan fingerprint density at radius 2 is 1.91 bits per heavy atom. The van der Waals surface area contributed by atoms with Crippen molar-refractivity contribution in [2.75, 3.05) is 0 Å². The van der Waals surface area contributed by atoms with Crippen LogP contribution in [0.2, 0.25) is 0 Å². The number of benzene rings is 1. The fraction of sp³-hybridized carbons (Fsp3) is 0.417. The lowest BCUT2D eigenvalue weighted by Gasteiger charge is -2.30. The molecule has 1 fully saturated rings. The van der Waals surface area contributed by atoms with Crippen molar-refractivity contribution in [1.29, 1.82) is 0 Å². The molecule has 0 bridgehead atoms. The molecular formula is C24H30N2O6S. The van der Waals surface area contributed by atoms with E-state index in [1.807, 2.05) is 0 Å². The van der Waals surface area contributed by atoms with Gasteiger partial charge in [-0.1, -0.05) is 31.9 Å². The molecule has 33 heavy (non-hydrogen) atoms. The van der Waals surface area contributed by atoms with Crippen molar-refractivity contribution in [2.45, 2.75) is 63.1 Å². The first-order valence-electron chi connectivity index (χ1n) is 11.1. The molecule has 1 aliphatic rings. The number of nitrogens with one attached hydrogen (secondary N) is 2. The molecule has 0 radical (unpaired) electrons. The summed E-state index contributed by atoms with van der Waals surface area (Å²) in [6.07, 6.45) is 7.58. The maximum atomic E-state index is 12.4. The Balaban J connectivity index is 1.49. The number of furan rings is 1. The van der Waals surface area contributed by atoms with Crippen LogP contribution in [0, 0.1) is 5.92 Å². The van der Waals surface area contributed by atoms with Crippen LogP contribution in [0.5, 0.6) is 0 Å². The highest BCUT2D eigenvalue weighted by Crippen LogP contribution is 2.23. The van der Waals surface area contributed by atoms with Crippen LogP contribution in [0.4, 0.5) is 0 Å². The Kier molecular flexibility index (Phi) is 8.46. The Bertz CT molecular complexity index is 1060. The smallest absolute Gasteiger partial charge is 0.331 e. The summed E-state index contributed by atoms with van der Waals surface area (Å²) in [7, 11) is -3.70. The first kappa shape index (κ1) is 24.7. The highest BCUT2D eigenvalue weighted by Gasteiger charge is 2.26. The van der Waals surface area contributed by atoms with Gasteiger partial charge in [0, 0.05) is 12.1 Å². The minimum absolute atomic E-state index is 0.0499. The lowest BCUT2D eigenvalue weighted by Crippen LogP contribution is -2.45. The molecule has 1 heterocycles. The van der Waals surface area contributed by atoms with Crippen LogP contribution in [0.15, 0.2) is 58.1 Å². The van der Waals surface area contributed by atoms with E-state index in [0.717, 1.165) is 19.3 Å². The van der Waals surface area contributed by atoms with Gasteiger partial charge in [-0.15, -0.1) is 0 Å². The van der Waals surface area contributed by atoms with Crippen LogP contribution in [0.1, 0.15) is 50.9 Å². The van der Waals surface area contributed by atoms with Crippen molar-refractivity contribution in [3.05, 3.63) is 60.1 Å². The van der Waals surface area contributed by atoms with E-state index >= 15 is 0 Å². The van der Waals surface area contributed by atoms with Gasteiger partial charge in [0.25, 0.3) is 5.91 Å². The maximum absolute atomic E-state index is 12.4. The predicted octanol–water partition coefficient (Wildman–Crippen LogP) is 3.40. The Labute approximate surface area is 194 Å². The summed E-state index contributed by atoms with van der Waals surface area (Å²) in [5.74, 6) is -0.0244. The largest absolute Gasteiger partial charge is 0.468 e. The van der Waals surface area contributed by atoms with E-state index in [9.17, 15) is 18.0 Å². The molecule has 3 atom stereocenters. The predicted molar refractivity (Wildman–Crippen MR) is 123 cm³/mol. The van der Waals surface area contributed by atoms with E-state index in [0.29, 0.717) is 17.2 Å². The van der Waals surface area contributed by atoms with Gasteiger partial charge in [0.15, 0.2) is 6.10 Å². The number of esters is 1. The molecule has 178 valence electrons. The fourth-order valence-electron chi connectivity index (χ4n) is 3.68. The molecule has 3 rings (SSSR count). The first-order valence-corrected chi connectivity index (χ1v) is 12.5. The molecule has 1 aromatic heterocycles. The Hall–Kier alpha value is -2.91. The van der Waals surface area contributed by atoms with E-state index in [1.165, 1.54) is 37.0 Å². The molecule has 1 amide bonds. The number of sulfonamides is 1. The quantitative estimate of drug-likeness (QED) is 0.425. The summed E-state index contributed by atoms with van der Waals surface area (Å²) < 4.78 is 37.5. The molecule has 2 N–H and O–H groups in total. The number of rotatable bonds is 9. The van der Waals surface area contributed by atoms with Gasteiger partial charge in [-0.05, 0) is 61.6 Å². The van der Waals surface area contributed by atoms with Gasteiger partial charge in [0.05, 0.1) is 17.7 Å². The number of carbonyl (C=O) groups is 2. The first-order chi connectivity index (χ1) is 15.7.